The molecule has 1 aromatic heterocycles. The Morgan fingerprint density at radius 2 is 1.50 bits per heavy atom. The molecule has 0 spiro atoms. The molecule has 1 unspecified atom stereocenters. The number of aromatic amines is 1. The third-order valence-corrected chi connectivity index (χ3v) is 5.12. The number of nitrogens with one attached hydrogen (secondary N) is 4. The lowest BCUT2D eigenvalue weighted by Gasteiger charge is -2.19. The predicted octanol–water partition coefficient (Wildman–Crippen LogP) is 2.74. The van der Waals surface area contributed by atoms with E-state index >= 15 is 0 Å². The largest absolute Gasteiger partial charge is 0.484 e. The Balaban J connectivity index is 1.38. The van der Waals surface area contributed by atoms with Gasteiger partial charge in [-0.2, -0.15) is 0 Å². The summed E-state index contributed by atoms with van der Waals surface area (Å²) in [6.07, 6.45) is 0.242. The molecule has 1 atom stereocenters. The minimum absolute atomic E-state index is 0.242. The highest BCUT2D eigenvalue weighted by Gasteiger charge is 2.22. The van der Waals surface area contributed by atoms with Gasteiger partial charge in [-0.3, -0.25) is 25.2 Å². The number of ether oxygens (including phenoxy) is 1. The van der Waals surface area contributed by atoms with Crippen molar-refractivity contribution in [2.75, 3.05) is 6.61 Å². The minimum atomic E-state index is -0.919. The first kappa shape index (κ1) is 22.6. The summed E-state index contributed by atoms with van der Waals surface area (Å²) < 4.78 is 5.47. The molecular weight excluding hydrogens is 432 g/mol. The second-order valence-electron chi connectivity index (χ2n) is 7.63. The number of hydrazine groups is 1. The molecule has 0 bridgehead atoms. The van der Waals surface area contributed by atoms with Crippen LogP contribution in [0.15, 0.2) is 91.0 Å². The van der Waals surface area contributed by atoms with Gasteiger partial charge in [0.2, 0.25) is 0 Å². The van der Waals surface area contributed by atoms with Gasteiger partial charge in [0.15, 0.2) is 6.61 Å². The zero-order chi connectivity index (χ0) is 23.8. The quantitative estimate of drug-likeness (QED) is 0.306. The summed E-state index contributed by atoms with van der Waals surface area (Å²) in [6.45, 7) is -0.246. The Morgan fingerprint density at radius 3 is 2.24 bits per heavy atom. The first-order valence-corrected chi connectivity index (χ1v) is 10.8. The van der Waals surface area contributed by atoms with E-state index in [0.29, 0.717) is 11.4 Å². The Bertz CT molecular complexity index is 1240. The van der Waals surface area contributed by atoms with Crippen molar-refractivity contribution in [3.63, 3.8) is 0 Å². The van der Waals surface area contributed by atoms with Gasteiger partial charge in [-0.25, -0.2) is 0 Å². The fourth-order valence-electron chi connectivity index (χ4n) is 3.43. The van der Waals surface area contributed by atoms with E-state index in [4.69, 9.17) is 4.74 Å². The van der Waals surface area contributed by atoms with Crippen LogP contribution in [0.1, 0.15) is 16.1 Å². The van der Waals surface area contributed by atoms with Crippen LogP contribution in [-0.2, 0) is 16.0 Å². The van der Waals surface area contributed by atoms with E-state index in [1.54, 1.807) is 30.3 Å². The molecule has 0 aliphatic heterocycles. The number of hydrogen-bond donors (Lipinski definition) is 4. The monoisotopic (exact) mass is 456 g/mol. The highest BCUT2D eigenvalue weighted by atomic mass is 16.5. The number of carbonyl (C=O) groups is 3. The molecule has 3 aromatic carbocycles. The van der Waals surface area contributed by atoms with E-state index in [0.717, 1.165) is 16.5 Å². The fourth-order valence-corrected chi connectivity index (χ4v) is 3.43. The average Bonchev–Trinajstić information content (AvgIpc) is 3.31. The molecule has 4 N–H and O–H groups in total. The van der Waals surface area contributed by atoms with Crippen LogP contribution < -0.4 is 20.9 Å². The molecule has 172 valence electrons. The Labute approximate surface area is 196 Å². The molecule has 0 saturated carbocycles. The third kappa shape index (κ3) is 6.01. The second kappa shape index (κ2) is 10.8. The van der Waals surface area contributed by atoms with Crippen LogP contribution in [0, 0.1) is 0 Å². The topological polar surface area (TPSA) is 112 Å². The summed E-state index contributed by atoms with van der Waals surface area (Å²) in [5.41, 5.74) is 6.79. The van der Waals surface area contributed by atoms with E-state index in [9.17, 15) is 14.4 Å². The Morgan fingerprint density at radius 1 is 0.824 bits per heavy atom. The molecule has 0 radical (unpaired) electrons. The van der Waals surface area contributed by atoms with Gasteiger partial charge in [-0.1, -0.05) is 66.7 Å². The van der Waals surface area contributed by atoms with Gasteiger partial charge in [-0.05, 0) is 29.8 Å². The van der Waals surface area contributed by atoms with Crippen LogP contribution in [-0.4, -0.2) is 35.4 Å². The smallest absolute Gasteiger partial charge is 0.286 e. The maximum atomic E-state index is 12.9. The van der Waals surface area contributed by atoms with Crippen LogP contribution in [0.25, 0.3) is 10.9 Å². The molecule has 0 saturated heterocycles. The lowest BCUT2D eigenvalue weighted by molar-refractivity contribution is -0.130. The van der Waals surface area contributed by atoms with Gasteiger partial charge in [0, 0.05) is 17.3 Å². The normalized spacial score (nSPS) is 11.4. The molecule has 0 fully saturated rings. The van der Waals surface area contributed by atoms with Crippen molar-refractivity contribution in [1.29, 1.82) is 0 Å². The molecule has 8 heteroatoms. The van der Waals surface area contributed by atoms with Gasteiger partial charge in [0.05, 0.1) is 0 Å². The van der Waals surface area contributed by atoms with Crippen molar-refractivity contribution >= 4 is 28.6 Å². The first-order valence-electron chi connectivity index (χ1n) is 10.8. The van der Waals surface area contributed by atoms with Crippen LogP contribution >= 0.6 is 0 Å². The average molecular weight is 457 g/mol. The van der Waals surface area contributed by atoms with Crippen molar-refractivity contribution in [3.8, 4) is 5.75 Å². The van der Waals surface area contributed by atoms with Crippen molar-refractivity contribution < 1.29 is 19.1 Å². The molecule has 8 nitrogen and oxygen atoms in total. The van der Waals surface area contributed by atoms with Gasteiger partial charge in [0.1, 0.15) is 17.5 Å². The summed E-state index contributed by atoms with van der Waals surface area (Å²) in [5.74, 6) is -0.961. The van der Waals surface area contributed by atoms with Gasteiger partial charge in [-0.15, -0.1) is 0 Å². The van der Waals surface area contributed by atoms with Gasteiger partial charge in [0.25, 0.3) is 17.7 Å². The standard InChI is InChI=1S/C26H24N4O4/c31-24(17-34-20-12-5-2-6-13-20)28-22(15-18-9-3-1-4-10-18)25(32)29-30-26(33)23-16-19-11-7-8-14-21(19)27-23/h1-14,16,22,27H,15,17H2,(H,28,31)(H,29,32)(H,30,33). The highest BCUT2D eigenvalue weighted by molar-refractivity contribution is 5.99. The van der Waals surface area contributed by atoms with E-state index in [2.05, 4.69) is 21.2 Å². The van der Waals surface area contributed by atoms with Gasteiger partial charge >= 0.3 is 0 Å². The number of benzene rings is 3. The van der Waals surface area contributed by atoms with E-state index in [-0.39, 0.29) is 13.0 Å². The van der Waals surface area contributed by atoms with Crippen LogP contribution in [0.5, 0.6) is 5.75 Å². The number of H-pyrrole nitrogens is 1. The SMILES string of the molecule is O=C(COc1ccccc1)NC(Cc1ccccc1)C(=O)NNC(=O)c1cc2ccccc2[nH]1. The van der Waals surface area contributed by atoms with Crippen LogP contribution in [0.4, 0.5) is 0 Å². The van der Waals surface area contributed by atoms with Crippen molar-refractivity contribution in [2.45, 2.75) is 12.5 Å². The summed E-state index contributed by atoms with van der Waals surface area (Å²) in [5, 5.41) is 3.57. The number of aromatic nitrogens is 1. The number of carbonyl (C=O) groups excluding carboxylic acids is 3. The van der Waals surface area contributed by atoms with Gasteiger partial charge < -0.3 is 15.0 Å². The predicted molar refractivity (Wildman–Crippen MR) is 128 cm³/mol. The molecular formula is C26H24N4O4. The van der Waals surface area contributed by atoms with E-state index < -0.39 is 23.8 Å². The zero-order valence-corrected chi connectivity index (χ0v) is 18.3. The van der Waals surface area contributed by atoms with E-state index in [1.807, 2.05) is 60.7 Å². The van der Waals surface area contributed by atoms with Crippen LogP contribution in [0.3, 0.4) is 0 Å². The maximum absolute atomic E-state index is 12.9. The lowest BCUT2D eigenvalue weighted by Crippen LogP contribution is -2.53. The summed E-state index contributed by atoms with van der Waals surface area (Å²) >= 11 is 0. The molecule has 4 aromatic rings. The molecule has 4 rings (SSSR count). The summed E-state index contributed by atoms with van der Waals surface area (Å²) in [6, 6.07) is 26.4. The van der Waals surface area contributed by atoms with Crippen molar-refractivity contribution in [2.24, 2.45) is 0 Å². The molecule has 0 aliphatic carbocycles. The molecule has 1 heterocycles. The number of amides is 3. The Hall–Kier alpha value is -4.59. The molecule has 0 aliphatic rings. The Kier molecular flexibility index (Phi) is 7.19. The minimum Gasteiger partial charge on any atom is -0.484 e. The summed E-state index contributed by atoms with van der Waals surface area (Å²) in [4.78, 5) is 40.9. The number of rotatable bonds is 8. The summed E-state index contributed by atoms with van der Waals surface area (Å²) in [7, 11) is 0. The fraction of sp³-hybridized carbons (Fsp3) is 0.115. The first-order chi connectivity index (χ1) is 16.6. The maximum Gasteiger partial charge on any atom is 0.286 e. The van der Waals surface area contributed by atoms with Crippen LogP contribution in [0.2, 0.25) is 0 Å². The lowest BCUT2D eigenvalue weighted by atomic mass is 10.1. The molecule has 3 amide bonds. The second-order valence-corrected chi connectivity index (χ2v) is 7.63. The van der Waals surface area contributed by atoms with E-state index in [1.165, 1.54) is 0 Å². The highest BCUT2D eigenvalue weighted by Crippen LogP contribution is 2.14. The third-order valence-electron chi connectivity index (χ3n) is 5.12. The zero-order valence-electron chi connectivity index (χ0n) is 18.3. The number of fused-ring (bicyclic) bond motifs is 1. The number of para-hydroxylation sites is 2. The number of hydrogen-bond acceptors (Lipinski definition) is 4. The van der Waals surface area contributed by atoms with Crippen molar-refractivity contribution in [3.05, 3.63) is 102 Å². The van der Waals surface area contributed by atoms with Crippen molar-refractivity contribution in [1.82, 2.24) is 21.2 Å². The molecule has 34 heavy (non-hydrogen) atoms.